The summed E-state index contributed by atoms with van der Waals surface area (Å²) in [6.07, 6.45) is -0.0328. The van der Waals surface area contributed by atoms with Crippen molar-refractivity contribution in [1.29, 1.82) is 0 Å². The molecular formula is C20H23NO5. The van der Waals surface area contributed by atoms with E-state index in [0.717, 1.165) is 11.1 Å². The topological polar surface area (TPSA) is 73.9 Å². The molecule has 26 heavy (non-hydrogen) atoms. The molecule has 0 fully saturated rings. The van der Waals surface area contributed by atoms with E-state index in [9.17, 15) is 9.59 Å². The molecule has 3 atom stereocenters. The van der Waals surface area contributed by atoms with E-state index in [1.165, 1.54) is 14.2 Å². The van der Waals surface area contributed by atoms with Crippen molar-refractivity contribution in [1.82, 2.24) is 5.32 Å². The largest absolute Gasteiger partial charge is 0.468 e. The molecular weight excluding hydrogens is 334 g/mol. The van der Waals surface area contributed by atoms with Gasteiger partial charge in [-0.3, -0.25) is 4.79 Å². The fourth-order valence-electron chi connectivity index (χ4n) is 4.35. The molecule has 0 spiro atoms. The fraction of sp³-hybridized carbons (Fsp3) is 0.400. The molecule has 1 aromatic rings. The lowest BCUT2D eigenvalue weighted by atomic mass is 9.56. The summed E-state index contributed by atoms with van der Waals surface area (Å²) >= 11 is 0. The third-order valence-electron chi connectivity index (χ3n) is 5.48. The summed E-state index contributed by atoms with van der Waals surface area (Å²) in [6.45, 7) is 5.88. The Balaban J connectivity index is 2.39. The van der Waals surface area contributed by atoms with Crippen LogP contribution in [0.1, 0.15) is 24.0 Å². The first-order valence-corrected chi connectivity index (χ1v) is 8.37. The second-order valence-corrected chi connectivity index (χ2v) is 6.55. The Morgan fingerprint density at radius 1 is 1.19 bits per heavy atom. The average Bonchev–Trinajstić information content (AvgIpc) is 2.66. The number of ether oxygens (including phenoxy) is 3. The zero-order chi connectivity index (χ0) is 19.1. The molecule has 3 rings (SSSR count). The van der Waals surface area contributed by atoms with Crippen LogP contribution in [-0.2, 0) is 30.2 Å². The molecule has 0 amide bonds. The van der Waals surface area contributed by atoms with Crippen molar-refractivity contribution in [2.45, 2.75) is 25.4 Å². The number of methoxy groups -OCH3 is 3. The number of carbonyl (C=O) groups excluding carboxylic acids is 2. The fourth-order valence-corrected chi connectivity index (χ4v) is 4.35. The van der Waals surface area contributed by atoms with Crippen molar-refractivity contribution >= 4 is 11.9 Å². The highest BCUT2D eigenvalue weighted by atomic mass is 16.5. The predicted molar refractivity (Wildman–Crippen MR) is 95.1 cm³/mol. The van der Waals surface area contributed by atoms with Gasteiger partial charge >= 0.3 is 11.9 Å². The van der Waals surface area contributed by atoms with Gasteiger partial charge in [0.1, 0.15) is 5.41 Å². The molecule has 0 bridgehead atoms. The van der Waals surface area contributed by atoms with Gasteiger partial charge in [-0.15, -0.1) is 0 Å². The van der Waals surface area contributed by atoms with Gasteiger partial charge in [0.25, 0.3) is 0 Å². The third kappa shape index (κ3) is 2.29. The van der Waals surface area contributed by atoms with E-state index >= 15 is 0 Å². The highest BCUT2D eigenvalue weighted by Gasteiger charge is 2.62. The zero-order valence-corrected chi connectivity index (χ0v) is 15.4. The Bertz CT molecular complexity index is 812. The molecule has 0 aromatic heterocycles. The van der Waals surface area contributed by atoms with Crippen LogP contribution in [0.2, 0.25) is 0 Å². The van der Waals surface area contributed by atoms with E-state index in [-0.39, 0.29) is 0 Å². The maximum absolute atomic E-state index is 13.1. The number of fused-ring (bicyclic) bond motifs is 3. The highest BCUT2D eigenvalue weighted by molar-refractivity contribution is 5.96. The van der Waals surface area contributed by atoms with Crippen LogP contribution < -0.4 is 5.32 Å². The SMILES string of the molecule is C=C1NC(C)=C(C(=O)OC)[C@@H]2c3ccccc3C[C@@H](OC)[C@]12C(=O)OC. The van der Waals surface area contributed by atoms with Crippen LogP contribution in [0.4, 0.5) is 0 Å². The van der Waals surface area contributed by atoms with E-state index < -0.39 is 29.4 Å². The van der Waals surface area contributed by atoms with Gasteiger partial charge in [0.05, 0.1) is 25.9 Å². The van der Waals surface area contributed by atoms with Crippen molar-refractivity contribution in [3.8, 4) is 0 Å². The van der Waals surface area contributed by atoms with Crippen molar-refractivity contribution in [3.05, 3.63) is 58.9 Å². The molecule has 6 heteroatoms. The van der Waals surface area contributed by atoms with Crippen molar-refractivity contribution < 1.29 is 23.8 Å². The summed E-state index contributed by atoms with van der Waals surface area (Å²) in [4.78, 5) is 25.8. The lowest BCUT2D eigenvalue weighted by Crippen LogP contribution is -2.59. The molecule has 1 heterocycles. The number of hydrogen-bond donors (Lipinski definition) is 1. The van der Waals surface area contributed by atoms with E-state index in [1.54, 1.807) is 14.0 Å². The minimum atomic E-state index is -1.26. The van der Waals surface area contributed by atoms with Gasteiger partial charge in [-0.1, -0.05) is 30.8 Å². The van der Waals surface area contributed by atoms with Gasteiger partial charge in [0.2, 0.25) is 0 Å². The Morgan fingerprint density at radius 3 is 2.50 bits per heavy atom. The number of carbonyl (C=O) groups is 2. The number of esters is 2. The number of benzene rings is 1. The summed E-state index contributed by atoms with van der Waals surface area (Å²) in [5, 5.41) is 3.10. The van der Waals surface area contributed by atoms with Crippen LogP contribution in [0.3, 0.4) is 0 Å². The number of rotatable bonds is 3. The lowest BCUT2D eigenvalue weighted by molar-refractivity contribution is -0.162. The summed E-state index contributed by atoms with van der Waals surface area (Å²) in [6, 6.07) is 7.74. The minimum Gasteiger partial charge on any atom is -0.468 e. The summed E-state index contributed by atoms with van der Waals surface area (Å²) in [7, 11) is 4.21. The lowest BCUT2D eigenvalue weighted by Gasteiger charge is -2.51. The number of allylic oxidation sites excluding steroid dienone is 1. The van der Waals surface area contributed by atoms with Crippen molar-refractivity contribution in [3.63, 3.8) is 0 Å². The second kappa shape index (κ2) is 6.61. The van der Waals surface area contributed by atoms with Crippen LogP contribution in [0.15, 0.2) is 47.8 Å². The Hall–Kier alpha value is -2.60. The van der Waals surface area contributed by atoms with Crippen LogP contribution >= 0.6 is 0 Å². The Labute approximate surface area is 152 Å². The summed E-state index contributed by atoms with van der Waals surface area (Å²) < 4.78 is 15.9. The second-order valence-electron chi connectivity index (χ2n) is 6.55. The van der Waals surface area contributed by atoms with E-state index in [0.29, 0.717) is 23.4 Å². The normalized spacial score (nSPS) is 27.2. The maximum Gasteiger partial charge on any atom is 0.336 e. The molecule has 1 aromatic carbocycles. The molecule has 1 N–H and O–H groups in total. The predicted octanol–water partition coefficient (Wildman–Crippen LogP) is 2.06. The first kappa shape index (κ1) is 18.2. The minimum absolute atomic E-state index is 0.388. The van der Waals surface area contributed by atoms with E-state index in [1.807, 2.05) is 24.3 Å². The first-order valence-electron chi connectivity index (χ1n) is 8.37. The van der Waals surface area contributed by atoms with Gasteiger partial charge in [0.15, 0.2) is 0 Å². The smallest absolute Gasteiger partial charge is 0.336 e. The molecule has 1 aliphatic heterocycles. The highest BCUT2D eigenvalue weighted by Crippen LogP contribution is 2.56. The third-order valence-corrected chi connectivity index (χ3v) is 5.48. The molecule has 6 nitrogen and oxygen atoms in total. The molecule has 0 radical (unpaired) electrons. The van der Waals surface area contributed by atoms with Gasteiger partial charge in [-0.05, 0) is 18.1 Å². The Kier molecular flexibility index (Phi) is 4.63. The molecule has 0 unspecified atom stereocenters. The van der Waals surface area contributed by atoms with E-state index in [2.05, 4.69) is 11.9 Å². The van der Waals surface area contributed by atoms with E-state index in [4.69, 9.17) is 14.2 Å². The standard InChI is InChI=1S/C20H23NO5/c1-11-16(18(22)25-4)17-14-9-7-6-8-13(14)10-15(24-3)20(17,12(2)21-11)19(23)26-5/h6-9,15,17,21H,2,10H2,1,3-5H3/t15-,17+,20-/m1/s1. The van der Waals surface area contributed by atoms with Crippen molar-refractivity contribution in [2.24, 2.45) is 5.41 Å². The first-order chi connectivity index (χ1) is 12.4. The van der Waals surface area contributed by atoms with Crippen LogP contribution in [0.25, 0.3) is 0 Å². The van der Waals surface area contributed by atoms with Gasteiger partial charge < -0.3 is 19.5 Å². The Morgan fingerprint density at radius 2 is 1.88 bits per heavy atom. The summed E-state index contributed by atoms with van der Waals surface area (Å²) in [5.41, 5.74) is 2.10. The molecule has 0 saturated carbocycles. The van der Waals surface area contributed by atoms with Crippen molar-refractivity contribution in [2.75, 3.05) is 21.3 Å². The molecule has 138 valence electrons. The monoisotopic (exact) mass is 357 g/mol. The molecule has 2 aliphatic rings. The van der Waals surface area contributed by atoms with Gasteiger partial charge in [-0.25, -0.2) is 4.79 Å². The average molecular weight is 357 g/mol. The van der Waals surface area contributed by atoms with Crippen LogP contribution in [-0.4, -0.2) is 39.4 Å². The van der Waals surface area contributed by atoms with Crippen LogP contribution in [0, 0.1) is 5.41 Å². The number of hydrogen-bond acceptors (Lipinski definition) is 6. The molecule has 0 saturated heterocycles. The van der Waals surface area contributed by atoms with Gasteiger partial charge in [-0.2, -0.15) is 0 Å². The quantitative estimate of drug-likeness (QED) is 0.835. The molecule has 1 aliphatic carbocycles. The van der Waals surface area contributed by atoms with Gasteiger partial charge in [0, 0.05) is 30.8 Å². The summed E-state index contributed by atoms with van der Waals surface area (Å²) in [5.74, 6) is -1.59. The van der Waals surface area contributed by atoms with Crippen LogP contribution in [0.5, 0.6) is 0 Å². The zero-order valence-electron chi connectivity index (χ0n) is 15.4. The number of nitrogens with one attached hydrogen (secondary N) is 1. The maximum atomic E-state index is 13.1.